The summed E-state index contributed by atoms with van der Waals surface area (Å²) < 4.78 is 2.36. The summed E-state index contributed by atoms with van der Waals surface area (Å²) in [5, 5.41) is 2.35. The number of aromatic nitrogens is 5. The van der Waals surface area contributed by atoms with Crippen molar-refractivity contribution >= 4 is 33.1 Å². The summed E-state index contributed by atoms with van der Waals surface area (Å²) in [6, 6.07) is 43.3. The fraction of sp³-hybridized carbons (Fsp3) is 0. The minimum atomic E-state index is 0.842. The first-order valence-electron chi connectivity index (χ1n) is 13.7. The van der Waals surface area contributed by atoms with Crippen LogP contribution in [-0.4, -0.2) is 24.5 Å². The van der Waals surface area contributed by atoms with Crippen molar-refractivity contribution in [2.45, 2.75) is 0 Å². The molecule has 0 amide bonds. The van der Waals surface area contributed by atoms with Crippen LogP contribution >= 0.6 is 11.3 Å². The molecule has 0 radical (unpaired) electrons. The Labute approximate surface area is 246 Å². The number of para-hydroxylation sites is 2. The SMILES string of the molecule is c1ccc(-n2c3ccccc3c3c(-c4cccc(-c5ccccn5)n4)sc(-c4cccc(-c5ccccn5)n4)c32)cc1. The highest BCUT2D eigenvalue weighted by Crippen LogP contribution is 2.48. The van der Waals surface area contributed by atoms with E-state index in [-0.39, 0.29) is 0 Å². The van der Waals surface area contributed by atoms with Crippen LogP contribution < -0.4 is 0 Å². The molecule has 0 fully saturated rings. The highest BCUT2D eigenvalue weighted by Gasteiger charge is 2.25. The Morgan fingerprint density at radius 2 is 1.00 bits per heavy atom. The Morgan fingerprint density at radius 3 is 1.64 bits per heavy atom. The number of pyridine rings is 4. The standard InChI is InChI=1S/C36H23N5S/c1-2-12-24(13-3-1)41-32-21-5-4-14-25(32)33-34(41)36(31-20-11-18-29(40-31)27-16-7-9-23-38-27)42-35(33)30-19-10-17-28(39-30)26-15-6-8-22-37-26/h1-23H. The zero-order valence-corrected chi connectivity index (χ0v) is 23.2. The van der Waals surface area contributed by atoms with Crippen LogP contribution in [-0.2, 0) is 0 Å². The van der Waals surface area contributed by atoms with Gasteiger partial charge < -0.3 is 4.57 Å². The Morgan fingerprint density at radius 1 is 0.452 bits per heavy atom. The molecule has 6 heteroatoms. The second-order valence-electron chi connectivity index (χ2n) is 9.92. The van der Waals surface area contributed by atoms with Crippen LogP contribution in [0.4, 0.5) is 0 Å². The maximum Gasteiger partial charge on any atom is 0.0894 e. The van der Waals surface area contributed by atoms with Gasteiger partial charge in [0.2, 0.25) is 0 Å². The van der Waals surface area contributed by atoms with Gasteiger partial charge in [-0.2, -0.15) is 0 Å². The topological polar surface area (TPSA) is 56.5 Å². The van der Waals surface area contributed by atoms with Gasteiger partial charge in [-0.05, 0) is 66.7 Å². The van der Waals surface area contributed by atoms with Gasteiger partial charge in [-0.15, -0.1) is 11.3 Å². The van der Waals surface area contributed by atoms with Gasteiger partial charge in [-0.25, -0.2) is 9.97 Å². The maximum atomic E-state index is 5.14. The number of hydrogen-bond donors (Lipinski definition) is 0. The fourth-order valence-electron chi connectivity index (χ4n) is 5.52. The third-order valence-corrected chi connectivity index (χ3v) is 8.58. The van der Waals surface area contributed by atoms with E-state index >= 15 is 0 Å². The third kappa shape index (κ3) is 4.08. The molecule has 8 aromatic rings. The average Bonchev–Trinajstić information content (AvgIpc) is 3.62. The molecule has 8 rings (SSSR count). The van der Waals surface area contributed by atoms with E-state index in [1.54, 1.807) is 23.7 Å². The molecule has 0 saturated heterocycles. The van der Waals surface area contributed by atoms with Gasteiger partial charge in [0.05, 0.1) is 55.0 Å². The normalized spacial score (nSPS) is 11.3. The Balaban J connectivity index is 1.45. The van der Waals surface area contributed by atoms with Gasteiger partial charge in [0.25, 0.3) is 0 Å². The van der Waals surface area contributed by atoms with E-state index < -0.39 is 0 Å². The Bertz CT molecular complexity index is 2190. The highest BCUT2D eigenvalue weighted by molar-refractivity contribution is 7.21. The van der Waals surface area contributed by atoms with Gasteiger partial charge in [0.15, 0.2) is 0 Å². The number of thiophene rings is 1. The third-order valence-electron chi connectivity index (χ3n) is 7.35. The highest BCUT2D eigenvalue weighted by atomic mass is 32.1. The van der Waals surface area contributed by atoms with E-state index in [9.17, 15) is 0 Å². The molecule has 42 heavy (non-hydrogen) atoms. The Kier molecular flexibility index (Phi) is 5.90. The van der Waals surface area contributed by atoms with Crippen molar-refractivity contribution in [3.05, 3.63) is 140 Å². The van der Waals surface area contributed by atoms with E-state index in [1.165, 1.54) is 10.8 Å². The molecule has 0 N–H and O–H groups in total. The van der Waals surface area contributed by atoms with E-state index in [4.69, 9.17) is 9.97 Å². The molecule has 6 heterocycles. The van der Waals surface area contributed by atoms with Crippen LogP contribution in [0.2, 0.25) is 0 Å². The van der Waals surface area contributed by atoms with Crippen molar-refractivity contribution in [2.24, 2.45) is 0 Å². The molecule has 5 nitrogen and oxygen atoms in total. The summed E-state index contributed by atoms with van der Waals surface area (Å²) in [5.74, 6) is 0. The number of fused-ring (bicyclic) bond motifs is 3. The average molecular weight is 558 g/mol. The van der Waals surface area contributed by atoms with Gasteiger partial charge >= 0.3 is 0 Å². The van der Waals surface area contributed by atoms with Gasteiger partial charge in [-0.1, -0.05) is 60.7 Å². The summed E-state index contributed by atoms with van der Waals surface area (Å²) in [5.41, 5.74) is 8.57. The molecular weight excluding hydrogens is 534 g/mol. The molecular formula is C36H23N5S. The predicted octanol–water partition coefficient (Wildman–Crippen LogP) is 9.09. The second-order valence-corrected chi connectivity index (χ2v) is 10.9. The first-order chi connectivity index (χ1) is 20.8. The van der Waals surface area contributed by atoms with E-state index in [0.717, 1.165) is 60.6 Å². The number of hydrogen-bond acceptors (Lipinski definition) is 5. The van der Waals surface area contributed by atoms with Crippen LogP contribution in [0.3, 0.4) is 0 Å². The van der Waals surface area contributed by atoms with Crippen molar-refractivity contribution in [2.75, 3.05) is 0 Å². The summed E-state index contributed by atoms with van der Waals surface area (Å²) in [6.07, 6.45) is 3.61. The van der Waals surface area contributed by atoms with Crippen LogP contribution in [0.25, 0.3) is 71.4 Å². The zero-order chi connectivity index (χ0) is 27.9. The van der Waals surface area contributed by atoms with E-state index in [0.29, 0.717) is 0 Å². The lowest BCUT2D eigenvalue weighted by Crippen LogP contribution is -1.94. The molecule has 0 aliphatic rings. The van der Waals surface area contributed by atoms with E-state index in [2.05, 4.69) is 93.4 Å². The molecule has 0 aliphatic carbocycles. The molecule has 0 unspecified atom stereocenters. The lowest BCUT2D eigenvalue weighted by molar-refractivity contribution is 1.18. The lowest BCUT2D eigenvalue weighted by atomic mass is 10.1. The van der Waals surface area contributed by atoms with Crippen molar-refractivity contribution in [1.82, 2.24) is 24.5 Å². The molecule has 0 spiro atoms. The first-order valence-corrected chi connectivity index (χ1v) is 14.6. The largest absolute Gasteiger partial charge is 0.308 e. The zero-order valence-electron chi connectivity index (χ0n) is 22.4. The van der Waals surface area contributed by atoms with Crippen molar-refractivity contribution in [3.63, 3.8) is 0 Å². The molecule has 0 saturated carbocycles. The Hall–Kier alpha value is -5.46. The van der Waals surface area contributed by atoms with Gasteiger partial charge in [0, 0.05) is 28.9 Å². The number of nitrogens with zero attached hydrogens (tertiary/aromatic N) is 5. The number of rotatable bonds is 5. The van der Waals surface area contributed by atoms with Crippen LogP contribution in [0, 0.1) is 0 Å². The molecule has 198 valence electrons. The molecule has 0 aliphatic heterocycles. The summed E-state index contributed by atoms with van der Waals surface area (Å²) >= 11 is 1.73. The molecule has 0 atom stereocenters. The first kappa shape index (κ1) is 24.3. The summed E-state index contributed by atoms with van der Waals surface area (Å²) in [7, 11) is 0. The van der Waals surface area contributed by atoms with Crippen molar-refractivity contribution < 1.29 is 0 Å². The minimum absolute atomic E-state index is 0.842. The van der Waals surface area contributed by atoms with Crippen LogP contribution in [0.1, 0.15) is 0 Å². The predicted molar refractivity (Wildman–Crippen MR) is 172 cm³/mol. The second kappa shape index (κ2) is 10.2. The summed E-state index contributed by atoms with van der Waals surface area (Å²) in [4.78, 5) is 21.6. The van der Waals surface area contributed by atoms with Crippen molar-refractivity contribution in [1.29, 1.82) is 0 Å². The summed E-state index contributed by atoms with van der Waals surface area (Å²) in [6.45, 7) is 0. The molecule has 6 aromatic heterocycles. The molecule has 0 bridgehead atoms. The van der Waals surface area contributed by atoms with Crippen LogP contribution in [0.5, 0.6) is 0 Å². The van der Waals surface area contributed by atoms with E-state index in [1.807, 2.05) is 48.5 Å². The fourth-order valence-corrected chi connectivity index (χ4v) is 6.76. The minimum Gasteiger partial charge on any atom is -0.308 e. The van der Waals surface area contributed by atoms with Gasteiger partial charge in [0.1, 0.15) is 0 Å². The quantitative estimate of drug-likeness (QED) is 0.212. The van der Waals surface area contributed by atoms with Gasteiger partial charge in [-0.3, -0.25) is 9.97 Å². The smallest absolute Gasteiger partial charge is 0.0894 e. The molecule has 2 aromatic carbocycles. The van der Waals surface area contributed by atoms with Crippen LogP contribution in [0.15, 0.2) is 140 Å². The number of benzene rings is 2. The monoisotopic (exact) mass is 557 g/mol. The maximum absolute atomic E-state index is 5.14. The lowest BCUT2D eigenvalue weighted by Gasteiger charge is -2.09. The van der Waals surface area contributed by atoms with Crippen molar-refractivity contribution in [3.8, 4) is 49.6 Å².